The van der Waals surface area contributed by atoms with E-state index in [1.807, 2.05) is 13.8 Å². The number of anilines is 1. The first-order chi connectivity index (χ1) is 11.5. The standard InChI is InChI=1S/C15H15FN6O2/c1-8(2)22-14(18-20-21-22)11-5-4-10(7-12(11)16)17-15(23)13-6-9(3)19-24-13/h4-8H,1-3H3,(H,17,23). The van der Waals surface area contributed by atoms with E-state index in [0.29, 0.717) is 17.2 Å². The highest BCUT2D eigenvalue weighted by atomic mass is 19.1. The van der Waals surface area contributed by atoms with Crippen molar-refractivity contribution in [1.29, 1.82) is 0 Å². The SMILES string of the molecule is Cc1cc(C(=O)Nc2ccc(-c3nnnn3C(C)C)c(F)c2)on1. The van der Waals surface area contributed by atoms with Crippen LogP contribution in [0.2, 0.25) is 0 Å². The molecule has 0 aliphatic carbocycles. The lowest BCUT2D eigenvalue weighted by Crippen LogP contribution is -2.11. The molecule has 0 spiro atoms. The van der Waals surface area contributed by atoms with E-state index >= 15 is 0 Å². The molecular formula is C15H15FN6O2. The van der Waals surface area contributed by atoms with Gasteiger partial charge in [0.25, 0.3) is 5.91 Å². The summed E-state index contributed by atoms with van der Waals surface area (Å²) in [6.07, 6.45) is 0. The molecule has 1 N–H and O–H groups in total. The first-order valence-corrected chi connectivity index (χ1v) is 7.28. The zero-order valence-corrected chi connectivity index (χ0v) is 13.3. The van der Waals surface area contributed by atoms with Crippen LogP contribution in [0.4, 0.5) is 10.1 Å². The summed E-state index contributed by atoms with van der Waals surface area (Å²) in [7, 11) is 0. The van der Waals surface area contributed by atoms with Crippen LogP contribution in [0.5, 0.6) is 0 Å². The fourth-order valence-corrected chi connectivity index (χ4v) is 2.16. The number of nitrogens with one attached hydrogen (secondary N) is 1. The lowest BCUT2D eigenvalue weighted by Gasteiger charge is -2.09. The number of hydrogen-bond acceptors (Lipinski definition) is 6. The zero-order chi connectivity index (χ0) is 17.3. The Bertz CT molecular complexity index is 886. The number of carbonyl (C=O) groups is 1. The number of rotatable bonds is 4. The smallest absolute Gasteiger partial charge is 0.294 e. The van der Waals surface area contributed by atoms with Gasteiger partial charge in [-0.1, -0.05) is 5.16 Å². The van der Waals surface area contributed by atoms with Crippen molar-refractivity contribution >= 4 is 11.6 Å². The second kappa shape index (κ2) is 6.19. The summed E-state index contributed by atoms with van der Waals surface area (Å²) in [5.74, 6) is -0.667. The van der Waals surface area contributed by atoms with Gasteiger partial charge in [0.1, 0.15) is 5.82 Å². The van der Waals surface area contributed by atoms with Crippen LogP contribution in [0.1, 0.15) is 36.1 Å². The Balaban J connectivity index is 1.85. The van der Waals surface area contributed by atoms with Gasteiger partial charge in [0, 0.05) is 11.8 Å². The third-order valence-electron chi connectivity index (χ3n) is 3.30. The Kier molecular flexibility index (Phi) is 4.07. The molecule has 3 rings (SSSR count). The monoisotopic (exact) mass is 330 g/mol. The minimum atomic E-state index is -0.543. The quantitative estimate of drug-likeness (QED) is 0.789. The average Bonchev–Trinajstić information content (AvgIpc) is 3.16. The minimum Gasteiger partial charge on any atom is -0.351 e. The van der Waals surface area contributed by atoms with Gasteiger partial charge >= 0.3 is 0 Å². The summed E-state index contributed by atoms with van der Waals surface area (Å²) in [5.41, 5.74) is 1.13. The van der Waals surface area contributed by atoms with Crippen LogP contribution in [-0.4, -0.2) is 31.3 Å². The van der Waals surface area contributed by atoms with Crippen LogP contribution in [0.3, 0.4) is 0 Å². The van der Waals surface area contributed by atoms with Crippen molar-refractivity contribution in [2.75, 3.05) is 5.32 Å². The number of aryl methyl sites for hydroxylation is 1. The summed E-state index contributed by atoms with van der Waals surface area (Å²) in [6, 6.07) is 5.77. The number of halogens is 1. The van der Waals surface area contributed by atoms with E-state index in [2.05, 4.69) is 26.0 Å². The van der Waals surface area contributed by atoms with Crippen LogP contribution < -0.4 is 5.32 Å². The third-order valence-corrected chi connectivity index (χ3v) is 3.30. The number of aromatic nitrogens is 5. The topological polar surface area (TPSA) is 98.7 Å². The van der Waals surface area contributed by atoms with Gasteiger partial charge in [-0.15, -0.1) is 5.10 Å². The number of tetrazole rings is 1. The van der Waals surface area contributed by atoms with Crippen molar-refractivity contribution < 1.29 is 13.7 Å². The van der Waals surface area contributed by atoms with Crippen molar-refractivity contribution in [2.24, 2.45) is 0 Å². The number of benzene rings is 1. The van der Waals surface area contributed by atoms with Crippen LogP contribution in [0, 0.1) is 12.7 Å². The molecule has 0 fully saturated rings. The summed E-state index contributed by atoms with van der Waals surface area (Å²) in [5, 5.41) is 17.5. The molecule has 0 saturated carbocycles. The Labute approximate surface area is 136 Å². The summed E-state index contributed by atoms with van der Waals surface area (Å²) in [6.45, 7) is 5.49. The number of hydrogen-bond donors (Lipinski definition) is 1. The van der Waals surface area contributed by atoms with E-state index in [1.165, 1.54) is 22.9 Å². The largest absolute Gasteiger partial charge is 0.351 e. The van der Waals surface area contributed by atoms with Crippen molar-refractivity contribution in [3.63, 3.8) is 0 Å². The van der Waals surface area contributed by atoms with Crippen LogP contribution in [0.25, 0.3) is 11.4 Å². The summed E-state index contributed by atoms with van der Waals surface area (Å²) >= 11 is 0. The first-order valence-electron chi connectivity index (χ1n) is 7.28. The maximum Gasteiger partial charge on any atom is 0.294 e. The Morgan fingerprint density at radius 3 is 2.75 bits per heavy atom. The van der Waals surface area contributed by atoms with Crippen molar-refractivity contribution in [2.45, 2.75) is 26.8 Å². The fourth-order valence-electron chi connectivity index (χ4n) is 2.16. The van der Waals surface area contributed by atoms with Crippen LogP contribution >= 0.6 is 0 Å². The molecule has 0 unspecified atom stereocenters. The van der Waals surface area contributed by atoms with Crippen molar-refractivity contribution in [1.82, 2.24) is 25.4 Å². The van der Waals surface area contributed by atoms with E-state index in [4.69, 9.17) is 4.52 Å². The molecule has 0 radical (unpaired) electrons. The predicted octanol–water partition coefficient (Wildman–Crippen LogP) is 2.61. The average molecular weight is 330 g/mol. The third kappa shape index (κ3) is 3.00. The highest BCUT2D eigenvalue weighted by Gasteiger charge is 2.17. The van der Waals surface area contributed by atoms with Crippen LogP contribution in [-0.2, 0) is 0 Å². The van der Waals surface area contributed by atoms with E-state index in [9.17, 15) is 9.18 Å². The molecule has 0 aliphatic rings. The van der Waals surface area contributed by atoms with Gasteiger partial charge in [0.05, 0.1) is 17.3 Å². The maximum atomic E-state index is 14.4. The van der Waals surface area contributed by atoms with Gasteiger partial charge < -0.3 is 9.84 Å². The Morgan fingerprint density at radius 2 is 2.12 bits per heavy atom. The van der Waals surface area contributed by atoms with Crippen molar-refractivity contribution in [3.05, 3.63) is 41.5 Å². The zero-order valence-electron chi connectivity index (χ0n) is 13.3. The van der Waals surface area contributed by atoms with Gasteiger partial charge in [0.15, 0.2) is 5.82 Å². The molecule has 0 bridgehead atoms. The van der Waals surface area contributed by atoms with Gasteiger partial charge in [0.2, 0.25) is 5.76 Å². The lowest BCUT2D eigenvalue weighted by molar-refractivity contribution is 0.0988. The molecular weight excluding hydrogens is 315 g/mol. The molecule has 9 heteroatoms. The van der Waals surface area contributed by atoms with E-state index in [-0.39, 0.29) is 17.4 Å². The highest BCUT2D eigenvalue weighted by molar-refractivity contribution is 6.02. The Hall–Kier alpha value is -3.10. The van der Waals surface area contributed by atoms with Crippen molar-refractivity contribution in [3.8, 4) is 11.4 Å². The van der Waals surface area contributed by atoms with Crippen LogP contribution in [0.15, 0.2) is 28.8 Å². The number of carbonyl (C=O) groups excluding carboxylic acids is 1. The first kappa shape index (κ1) is 15.8. The molecule has 1 amide bonds. The fraction of sp³-hybridized carbons (Fsp3) is 0.267. The molecule has 0 saturated heterocycles. The second-order valence-corrected chi connectivity index (χ2v) is 5.52. The molecule has 124 valence electrons. The predicted molar refractivity (Wildman–Crippen MR) is 82.8 cm³/mol. The highest BCUT2D eigenvalue weighted by Crippen LogP contribution is 2.25. The van der Waals surface area contributed by atoms with Gasteiger partial charge in [-0.3, -0.25) is 4.79 Å². The van der Waals surface area contributed by atoms with E-state index in [0.717, 1.165) is 0 Å². The molecule has 8 nitrogen and oxygen atoms in total. The number of nitrogens with zero attached hydrogens (tertiary/aromatic N) is 5. The second-order valence-electron chi connectivity index (χ2n) is 5.52. The maximum absolute atomic E-state index is 14.4. The molecule has 2 heterocycles. The van der Waals surface area contributed by atoms with Gasteiger partial charge in [-0.25, -0.2) is 9.07 Å². The summed E-state index contributed by atoms with van der Waals surface area (Å²) in [4.78, 5) is 12.0. The molecule has 3 aromatic rings. The van der Waals surface area contributed by atoms with Gasteiger partial charge in [-0.05, 0) is 49.4 Å². The Morgan fingerprint density at radius 1 is 1.33 bits per heavy atom. The molecule has 2 aromatic heterocycles. The normalized spacial score (nSPS) is 11.0. The lowest BCUT2D eigenvalue weighted by atomic mass is 10.1. The summed E-state index contributed by atoms with van der Waals surface area (Å²) < 4.78 is 20.8. The van der Waals surface area contributed by atoms with Gasteiger partial charge in [-0.2, -0.15) is 0 Å². The molecule has 1 aromatic carbocycles. The molecule has 0 aliphatic heterocycles. The molecule has 24 heavy (non-hydrogen) atoms. The number of amides is 1. The molecule has 0 atom stereocenters. The van der Waals surface area contributed by atoms with E-state index < -0.39 is 11.7 Å². The minimum absolute atomic E-state index is 0.0107. The van der Waals surface area contributed by atoms with E-state index in [1.54, 1.807) is 13.0 Å².